The largest absolute Gasteiger partial charge is 0.436 e. The SMILES string of the molecule is OC[C@@H]1CCN(Cc2cc(Oc3cnc(N4CCCCC4)nc3)nc(-c3cc(Cl)cc(Cl)c3)c2)CCO1. The molecule has 0 saturated carbocycles. The van der Waals surface area contributed by atoms with Crippen LogP contribution >= 0.6 is 23.2 Å². The van der Waals surface area contributed by atoms with E-state index in [1.807, 2.05) is 24.3 Å². The van der Waals surface area contributed by atoms with Crippen LogP contribution in [-0.2, 0) is 11.3 Å². The minimum absolute atomic E-state index is 0.0411. The first-order valence-corrected chi connectivity index (χ1v) is 13.5. The number of hydrogen-bond donors (Lipinski definition) is 1. The summed E-state index contributed by atoms with van der Waals surface area (Å²) >= 11 is 12.6. The van der Waals surface area contributed by atoms with Gasteiger partial charge >= 0.3 is 0 Å². The van der Waals surface area contributed by atoms with Gasteiger partial charge in [0.15, 0.2) is 5.75 Å². The second kappa shape index (κ2) is 12.4. The number of nitrogens with zero attached hydrogens (tertiary/aromatic N) is 5. The number of halogens is 2. The Kier molecular flexibility index (Phi) is 8.74. The minimum Gasteiger partial charge on any atom is -0.436 e. The summed E-state index contributed by atoms with van der Waals surface area (Å²) in [4.78, 5) is 18.3. The van der Waals surface area contributed by atoms with Crippen LogP contribution in [0.3, 0.4) is 0 Å². The Balaban J connectivity index is 1.39. The van der Waals surface area contributed by atoms with Gasteiger partial charge < -0.3 is 19.5 Å². The highest BCUT2D eigenvalue weighted by atomic mass is 35.5. The van der Waals surface area contributed by atoms with E-state index in [4.69, 9.17) is 37.7 Å². The van der Waals surface area contributed by atoms with Crippen molar-refractivity contribution in [3.8, 4) is 22.9 Å². The van der Waals surface area contributed by atoms with E-state index in [0.29, 0.717) is 40.5 Å². The molecule has 2 fully saturated rings. The van der Waals surface area contributed by atoms with Gasteiger partial charge in [-0.2, -0.15) is 0 Å². The van der Waals surface area contributed by atoms with Crippen molar-refractivity contribution in [2.24, 2.45) is 0 Å². The molecule has 0 radical (unpaired) electrons. The van der Waals surface area contributed by atoms with E-state index in [2.05, 4.69) is 19.8 Å². The summed E-state index contributed by atoms with van der Waals surface area (Å²) in [7, 11) is 0. The van der Waals surface area contributed by atoms with Gasteiger partial charge in [0.05, 0.1) is 37.4 Å². The van der Waals surface area contributed by atoms with Crippen molar-refractivity contribution < 1.29 is 14.6 Å². The zero-order chi connectivity index (χ0) is 25.6. The van der Waals surface area contributed by atoms with E-state index in [1.165, 1.54) is 19.3 Å². The Morgan fingerprint density at radius 1 is 0.946 bits per heavy atom. The average Bonchev–Trinajstić information content (AvgIpc) is 3.14. The standard InChI is InChI=1S/C27H31Cl2N5O3/c28-21-12-20(13-22(29)14-21)25-10-19(17-33-7-4-23(18-35)36-9-8-33)11-26(32-25)37-24-15-30-27(31-16-24)34-5-2-1-3-6-34/h10-16,23,35H,1-9,17-18H2/t23-/m0/s1. The summed E-state index contributed by atoms with van der Waals surface area (Å²) < 4.78 is 11.9. The van der Waals surface area contributed by atoms with Crippen LogP contribution in [0.4, 0.5) is 5.95 Å². The maximum Gasteiger partial charge on any atom is 0.225 e. The van der Waals surface area contributed by atoms with Gasteiger partial charge in [-0.15, -0.1) is 0 Å². The maximum atomic E-state index is 9.46. The minimum atomic E-state index is -0.113. The number of rotatable bonds is 7. The zero-order valence-corrected chi connectivity index (χ0v) is 22.2. The molecule has 0 aliphatic carbocycles. The van der Waals surface area contributed by atoms with E-state index in [1.54, 1.807) is 18.5 Å². The third-order valence-electron chi connectivity index (χ3n) is 6.63. The summed E-state index contributed by atoms with van der Waals surface area (Å²) in [5, 5.41) is 10.5. The molecule has 3 aromatic rings. The fourth-order valence-electron chi connectivity index (χ4n) is 4.72. The number of benzene rings is 1. The van der Waals surface area contributed by atoms with E-state index < -0.39 is 0 Å². The molecule has 2 saturated heterocycles. The van der Waals surface area contributed by atoms with Gasteiger partial charge in [0.25, 0.3) is 0 Å². The van der Waals surface area contributed by atoms with Crippen LogP contribution in [-0.4, -0.2) is 70.5 Å². The molecule has 10 heteroatoms. The first-order chi connectivity index (χ1) is 18.1. The maximum absolute atomic E-state index is 9.46. The van der Waals surface area contributed by atoms with Gasteiger partial charge in [-0.25, -0.2) is 15.0 Å². The summed E-state index contributed by atoms with van der Waals surface area (Å²) in [6.07, 6.45) is 7.65. The molecule has 1 aromatic carbocycles. The number of aromatic nitrogens is 3. The van der Waals surface area contributed by atoms with Crippen molar-refractivity contribution in [2.45, 2.75) is 38.3 Å². The van der Waals surface area contributed by atoms with Crippen molar-refractivity contribution in [3.63, 3.8) is 0 Å². The van der Waals surface area contributed by atoms with Crippen LogP contribution in [0, 0.1) is 0 Å². The van der Waals surface area contributed by atoms with Crippen LogP contribution in [0.15, 0.2) is 42.7 Å². The molecule has 4 heterocycles. The van der Waals surface area contributed by atoms with Gasteiger partial charge in [0.1, 0.15) is 0 Å². The second-order valence-corrected chi connectivity index (χ2v) is 10.3. The molecule has 1 atom stereocenters. The number of aliphatic hydroxyl groups is 1. The second-order valence-electron chi connectivity index (χ2n) is 9.47. The van der Waals surface area contributed by atoms with Gasteiger partial charge in [-0.3, -0.25) is 4.90 Å². The van der Waals surface area contributed by atoms with Gasteiger partial charge in [-0.05, 0) is 55.5 Å². The number of ether oxygens (including phenoxy) is 2. The van der Waals surface area contributed by atoms with Crippen LogP contribution < -0.4 is 9.64 Å². The Bertz CT molecular complexity index is 1170. The summed E-state index contributed by atoms with van der Waals surface area (Å²) in [6.45, 7) is 4.88. The molecule has 196 valence electrons. The Labute approximate surface area is 227 Å². The predicted octanol–water partition coefficient (Wildman–Crippen LogP) is 5.21. The van der Waals surface area contributed by atoms with Crippen LogP contribution in [0.25, 0.3) is 11.3 Å². The van der Waals surface area contributed by atoms with Gasteiger partial charge in [-0.1, -0.05) is 23.2 Å². The molecule has 8 nitrogen and oxygen atoms in total. The summed E-state index contributed by atoms with van der Waals surface area (Å²) in [6, 6.07) is 9.34. The molecule has 1 N–H and O–H groups in total. The highest BCUT2D eigenvalue weighted by Crippen LogP contribution is 2.30. The number of piperidine rings is 1. The molecule has 0 spiro atoms. The Morgan fingerprint density at radius 3 is 2.43 bits per heavy atom. The molecule has 2 aliphatic heterocycles. The third-order valence-corrected chi connectivity index (χ3v) is 7.07. The lowest BCUT2D eigenvalue weighted by Crippen LogP contribution is -2.30. The molecule has 0 unspecified atom stereocenters. The number of aliphatic hydroxyl groups excluding tert-OH is 1. The van der Waals surface area contributed by atoms with Crippen molar-refractivity contribution in [3.05, 3.63) is 58.3 Å². The lowest BCUT2D eigenvalue weighted by Gasteiger charge is -2.26. The van der Waals surface area contributed by atoms with E-state index >= 15 is 0 Å². The fourth-order valence-corrected chi connectivity index (χ4v) is 5.25. The smallest absolute Gasteiger partial charge is 0.225 e. The predicted molar refractivity (Wildman–Crippen MR) is 145 cm³/mol. The van der Waals surface area contributed by atoms with Crippen LogP contribution in [0.2, 0.25) is 10.0 Å². The van der Waals surface area contributed by atoms with E-state index in [9.17, 15) is 5.11 Å². The number of hydrogen-bond acceptors (Lipinski definition) is 8. The highest BCUT2D eigenvalue weighted by molar-refractivity contribution is 6.35. The first kappa shape index (κ1) is 26.1. The molecule has 0 amide bonds. The third kappa shape index (κ3) is 7.09. The van der Waals surface area contributed by atoms with Crippen LogP contribution in [0.5, 0.6) is 11.6 Å². The first-order valence-electron chi connectivity index (χ1n) is 12.7. The molecular weight excluding hydrogens is 513 g/mol. The molecule has 5 rings (SSSR count). The average molecular weight is 544 g/mol. The summed E-state index contributed by atoms with van der Waals surface area (Å²) in [5.41, 5.74) is 2.55. The topological polar surface area (TPSA) is 83.8 Å². The van der Waals surface area contributed by atoms with E-state index in [0.717, 1.165) is 49.7 Å². The van der Waals surface area contributed by atoms with Crippen molar-refractivity contribution >= 4 is 29.2 Å². The highest BCUT2D eigenvalue weighted by Gasteiger charge is 2.18. The lowest BCUT2D eigenvalue weighted by molar-refractivity contribution is 0.0209. The monoisotopic (exact) mass is 543 g/mol. The molecule has 2 aromatic heterocycles. The zero-order valence-electron chi connectivity index (χ0n) is 20.7. The molecular formula is C27H31Cl2N5O3. The molecule has 2 aliphatic rings. The normalized spacial score (nSPS) is 19.0. The molecule has 37 heavy (non-hydrogen) atoms. The van der Waals surface area contributed by atoms with Crippen molar-refractivity contribution in [1.29, 1.82) is 0 Å². The van der Waals surface area contributed by atoms with Gasteiger partial charge in [0.2, 0.25) is 11.8 Å². The van der Waals surface area contributed by atoms with Crippen molar-refractivity contribution in [1.82, 2.24) is 19.9 Å². The Morgan fingerprint density at radius 2 is 1.70 bits per heavy atom. The fraction of sp³-hybridized carbons (Fsp3) is 0.444. The Hall–Kier alpha value is -2.49. The number of anilines is 1. The summed E-state index contributed by atoms with van der Waals surface area (Å²) in [5.74, 6) is 1.69. The number of pyridine rings is 1. The van der Waals surface area contributed by atoms with E-state index in [-0.39, 0.29) is 12.7 Å². The van der Waals surface area contributed by atoms with Crippen molar-refractivity contribution in [2.75, 3.05) is 44.3 Å². The molecule has 0 bridgehead atoms. The van der Waals surface area contributed by atoms with Gasteiger partial charge in [0, 0.05) is 54.4 Å². The quantitative estimate of drug-likeness (QED) is 0.434. The lowest BCUT2D eigenvalue weighted by atomic mass is 10.1. The van der Waals surface area contributed by atoms with Crippen LogP contribution in [0.1, 0.15) is 31.2 Å².